The molecule has 0 fully saturated rings. The Morgan fingerprint density at radius 1 is 1.09 bits per heavy atom. The third-order valence-electron chi connectivity index (χ3n) is 2.04. The van der Waals surface area contributed by atoms with Gasteiger partial charge in [-0.2, -0.15) is 9.59 Å². The lowest BCUT2D eigenvalue weighted by molar-refractivity contribution is -0.191. The lowest BCUT2D eigenvalue weighted by Crippen LogP contribution is -2.39. The average Bonchev–Trinajstić information content (AvgIpc) is 2.44. The predicted molar refractivity (Wildman–Crippen MR) is 90.7 cm³/mol. The Bertz CT molecular complexity index is 402. The molecular weight excluding hydrogens is 364 g/mol. The van der Waals surface area contributed by atoms with E-state index in [1.165, 1.54) is 13.8 Å². The molecule has 0 heterocycles. The van der Waals surface area contributed by atoms with Crippen LogP contribution in [0.15, 0.2) is 0 Å². The quantitative estimate of drug-likeness (QED) is 0.352. The zero-order valence-electron chi connectivity index (χ0n) is 12.8. The van der Waals surface area contributed by atoms with Crippen molar-refractivity contribution in [3.63, 3.8) is 0 Å². The van der Waals surface area contributed by atoms with E-state index < -0.39 is 12.0 Å². The van der Waals surface area contributed by atoms with Crippen LogP contribution in [0.2, 0.25) is 0 Å². The maximum atomic E-state index is 10.9. The summed E-state index contributed by atoms with van der Waals surface area (Å²) in [5, 5.41) is 14.0. The van der Waals surface area contributed by atoms with Gasteiger partial charge in [0, 0.05) is 31.9 Å². The maximum Gasteiger partial charge on any atom is 0.373 e. The first kappa shape index (κ1) is 24.1. The van der Waals surface area contributed by atoms with Crippen LogP contribution in [0.1, 0.15) is 26.7 Å². The fraction of sp³-hybridized carbons (Fsp3) is 0.667. The number of carbonyl (C=O) groups is 3. The van der Waals surface area contributed by atoms with Crippen LogP contribution in [0.4, 0.5) is 0 Å². The monoisotopic (exact) mass is 384 g/mol. The van der Waals surface area contributed by atoms with Crippen molar-refractivity contribution in [2.45, 2.75) is 32.7 Å². The summed E-state index contributed by atoms with van der Waals surface area (Å²) < 4.78 is 0. The van der Waals surface area contributed by atoms with E-state index in [1.807, 2.05) is 0 Å². The smallest absolute Gasteiger partial charge is 0.373 e. The minimum Gasteiger partial charge on any atom is -0.480 e. The molecule has 0 spiro atoms. The minimum atomic E-state index is -1.01. The molecule has 23 heavy (non-hydrogen) atoms. The van der Waals surface area contributed by atoms with E-state index in [4.69, 9.17) is 14.7 Å². The molecule has 0 saturated carbocycles. The van der Waals surface area contributed by atoms with Crippen LogP contribution < -0.4 is 10.6 Å². The van der Waals surface area contributed by atoms with E-state index in [1.54, 1.807) is 31.4 Å². The van der Waals surface area contributed by atoms with E-state index in [-0.39, 0.29) is 18.0 Å². The van der Waals surface area contributed by atoms with Crippen molar-refractivity contribution < 1.29 is 29.1 Å². The third kappa shape index (κ3) is 20.8. The number of hydrogen-bond donors (Lipinski definition) is 3. The van der Waals surface area contributed by atoms with Gasteiger partial charge in [-0.25, -0.2) is 4.79 Å². The van der Waals surface area contributed by atoms with Gasteiger partial charge in [0.2, 0.25) is 11.8 Å². The molecular formula is C12H20N2O6S3. The van der Waals surface area contributed by atoms with Gasteiger partial charge in [0.05, 0.1) is 0 Å². The molecule has 8 nitrogen and oxygen atoms in total. The highest BCUT2D eigenvalue weighted by Crippen LogP contribution is 2.35. The summed E-state index contributed by atoms with van der Waals surface area (Å²) in [6.07, 6.45) is 1.56. The molecule has 0 aliphatic heterocycles. The molecule has 0 bridgehead atoms. The lowest BCUT2D eigenvalue weighted by Gasteiger charge is -2.12. The first-order chi connectivity index (χ1) is 10.8. The summed E-state index contributed by atoms with van der Waals surface area (Å²) in [5.41, 5.74) is 0. The fourth-order valence-corrected chi connectivity index (χ4v) is 5.06. The van der Waals surface area contributed by atoms with Crippen LogP contribution in [-0.4, -0.2) is 53.1 Å². The topological polar surface area (TPSA) is 130 Å². The number of nitrogens with one attached hydrogen (secondary N) is 2. The number of hydrogen-bond acceptors (Lipinski definition) is 8. The molecule has 0 aromatic carbocycles. The van der Waals surface area contributed by atoms with Crippen LogP contribution >= 0.6 is 31.4 Å². The van der Waals surface area contributed by atoms with Crippen molar-refractivity contribution in [2.75, 3.05) is 18.1 Å². The fourth-order valence-electron chi connectivity index (χ4n) is 1.17. The summed E-state index contributed by atoms with van der Waals surface area (Å²) in [6.45, 7) is 3.48. The Labute approximate surface area is 146 Å². The first-order valence-electron chi connectivity index (χ1n) is 6.49. The number of rotatable bonds is 11. The SMILES string of the molecule is CC(=O)NCCCSSSCC[C@H](NC(C)=O)C(=O)O.O=C=O. The highest BCUT2D eigenvalue weighted by Gasteiger charge is 2.17. The summed E-state index contributed by atoms with van der Waals surface area (Å²) >= 11 is 0. The van der Waals surface area contributed by atoms with Crippen molar-refractivity contribution in [2.24, 2.45) is 0 Å². The molecule has 0 saturated heterocycles. The van der Waals surface area contributed by atoms with E-state index in [2.05, 4.69) is 10.6 Å². The molecule has 11 heteroatoms. The van der Waals surface area contributed by atoms with Gasteiger partial charge < -0.3 is 15.7 Å². The minimum absolute atomic E-state index is 0.0188. The Balaban J connectivity index is 0. The van der Waals surface area contributed by atoms with Crippen LogP contribution in [0.25, 0.3) is 0 Å². The zero-order valence-corrected chi connectivity index (χ0v) is 15.3. The van der Waals surface area contributed by atoms with Gasteiger partial charge in [-0.3, -0.25) is 9.59 Å². The number of carboxylic acid groups (broad SMARTS) is 1. The maximum absolute atomic E-state index is 10.9. The second-order valence-corrected chi connectivity index (χ2v) is 8.48. The average molecular weight is 385 g/mol. The Hall–Kier alpha value is -1.16. The molecule has 0 aliphatic rings. The summed E-state index contributed by atoms with van der Waals surface area (Å²) in [7, 11) is 4.84. The van der Waals surface area contributed by atoms with Crippen LogP contribution in [0.3, 0.4) is 0 Å². The molecule has 3 N–H and O–H groups in total. The van der Waals surface area contributed by atoms with Crippen LogP contribution in [-0.2, 0) is 24.0 Å². The van der Waals surface area contributed by atoms with Crippen LogP contribution in [0, 0.1) is 0 Å². The van der Waals surface area contributed by atoms with Gasteiger partial charge in [-0.15, -0.1) is 0 Å². The molecule has 0 radical (unpaired) electrons. The van der Waals surface area contributed by atoms with Crippen molar-refractivity contribution in [1.82, 2.24) is 10.6 Å². The van der Waals surface area contributed by atoms with Gasteiger partial charge in [-0.1, -0.05) is 21.6 Å². The largest absolute Gasteiger partial charge is 0.480 e. The number of carboxylic acids is 1. The van der Waals surface area contributed by atoms with Crippen molar-refractivity contribution >= 4 is 55.3 Å². The highest BCUT2D eigenvalue weighted by atomic mass is 33.5. The van der Waals surface area contributed by atoms with Gasteiger partial charge in [0.15, 0.2) is 0 Å². The third-order valence-corrected chi connectivity index (χ3v) is 6.40. The second kappa shape index (κ2) is 17.2. The van der Waals surface area contributed by atoms with E-state index in [0.29, 0.717) is 18.7 Å². The molecule has 2 amide bonds. The molecule has 0 aromatic rings. The van der Waals surface area contributed by atoms with Crippen LogP contribution in [0.5, 0.6) is 0 Å². The molecule has 0 unspecified atom stereocenters. The number of carbonyl (C=O) groups excluding carboxylic acids is 4. The van der Waals surface area contributed by atoms with Crippen molar-refractivity contribution in [1.29, 1.82) is 0 Å². The Morgan fingerprint density at radius 2 is 1.65 bits per heavy atom. The second-order valence-electron chi connectivity index (χ2n) is 4.01. The molecule has 132 valence electrons. The number of aliphatic carboxylic acids is 1. The predicted octanol–water partition coefficient (Wildman–Crippen LogP) is 0.938. The zero-order chi connectivity index (χ0) is 18.1. The normalized spacial score (nSPS) is 10.5. The highest BCUT2D eigenvalue weighted by molar-refractivity contribution is 9.09. The summed E-state index contributed by atoms with van der Waals surface area (Å²) in [6, 6.07) is -0.814. The van der Waals surface area contributed by atoms with E-state index >= 15 is 0 Å². The van der Waals surface area contributed by atoms with E-state index in [9.17, 15) is 14.4 Å². The van der Waals surface area contributed by atoms with E-state index in [0.717, 1.165) is 12.2 Å². The van der Waals surface area contributed by atoms with Gasteiger partial charge in [0.25, 0.3) is 0 Å². The van der Waals surface area contributed by atoms with Gasteiger partial charge in [0.1, 0.15) is 6.04 Å². The molecule has 0 rings (SSSR count). The lowest BCUT2D eigenvalue weighted by atomic mass is 10.2. The molecule has 0 aliphatic carbocycles. The Morgan fingerprint density at radius 3 is 2.13 bits per heavy atom. The molecule has 1 atom stereocenters. The van der Waals surface area contributed by atoms with Crippen molar-refractivity contribution in [3.8, 4) is 0 Å². The van der Waals surface area contributed by atoms with Gasteiger partial charge >= 0.3 is 12.1 Å². The standard InChI is InChI=1S/C11H20N2O4S3.CO2/c1-8(14)12-5-3-6-18-20-19-7-4-10(11(16)17)13-9(2)15;2-1-3/h10H,3-7H2,1-2H3,(H,12,14)(H,13,15)(H,16,17);/t10-;/m0./s1. The molecule has 0 aromatic heterocycles. The van der Waals surface area contributed by atoms with Crippen molar-refractivity contribution in [3.05, 3.63) is 0 Å². The Kier molecular flexibility index (Phi) is 18.0. The first-order valence-corrected chi connectivity index (χ1v) is 10.3. The number of amides is 2. The summed E-state index contributed by atoms with van der Waals surface area (Å²) in [4.78, 5) is 48.5. The summed E-state index contributed by atoms with van der Waals surface area (Å²) in [5.74, 6) is 0.220. The van der Waals surface area contributed by atoms with Gasteiger partial charge in [-0.05, 0) is 22.7 Å².